The third kappa shape index (κ3) is 1.65. The van der Waals surface area contributed by atoms with Crippen LogP contribution in [0.5, 0.6) is 0 Å². The lowest BCUT2D eigenvalue weighted by molar-refractivity contribution is 0.418. The molecule has 1 heterocycles. The highest BCUT2D eigenvalue weighted by Crippen LogP contribution is 2.34. The van der Waals surface area contributed by atoms with Crippen molar-refractivity contribution >= 4 is 0 Å². The molecule has 3 heteroatoms. The van der Waals surface area contributed by atoms with E-state index in [1.165, 1.54) is 12.1 Å². The number of nitrogens with one attached hydrogen (secondary N) is 1. The molecule has 0 aromatic heterocycles. The molecule has 1 aromatic carbocycles. The molecular weight excluding hydrogens is 196 g/mol. The van der Waals surface area contributed by atoms with E-state index in [0.29, 0.717) is 17.7 Å². The van der Waals surface area contributed by atoms with Gasteiger partial charge in [0.2, 0.25) is 0 Å². The molecule has 0 bridgehead atoms. The predicted molar refractivity (Wildman–Crippen MR) is 55.8 cm³/mol. The van der Waals surface area contributed by atoms with Crippen molar-refractivity contribution < 1.29 is 8.78 Å². The van der Waals surface area contributed by atoms with Gasteiger partial charge in [-0.2, -0.15) is 0 Å². The number of rotatable bonds is 1. The lowest BCUT2D eigenvalue weighted by Crippen LogP contribution is -2.33. The van der Waals surface area contributed by atoms with Crippen LogP contribution in [-0.2, 0) is 0 Å². The van der Waals surface area contributed by atoms with E-state index in [4.69, 9.17) is 0 Å². The van der Waals surface area contributed by atoms with E-state index < -0.39 is 0 Å². The highest BCUT2D eigenvalue weighted by atomic mass is 19.1. The molecule has 2 unspecified atom stereocenters. The van der Waals surface area contributed by atoms with Crippen LogP contribution in [0.15, 0.2) is 12.1 Å². The van der Waals surface area contributed by atoms with Crippen molar-refractivity contribution in [3.8, 4) is 0 Å². The van der Waals surface area contributed by atoms with Gasteiger partial charge in [0.25, 0.3) is 0 Å². The quantitative estimate of drug-likeness (QED) is 0.752. The maximum Gasteiger partial charge on any atom is 0.128 e. The fourth-order valence-electron chi connectivity index (χ4n) is 2.31. The molecule has 0 amide bonds. The topological polar surface area (TPSA) is 12.0 Å². The van der Waals surface area contributed by atoms with Crippen LogP contribution in [0.4, 0.5) is 8.78 Å². The van der Waals surface area contributed by atoms with Crippen molar-refractivity contribution in [3.63, 3.8) is 0 Å². The molecule has 1 nitrogen and oxygen atoms in total. The highest BCUT2D eigenvalue weighted by Gasteiger charge is 2.28. The van der Waals surface area contributed by atoms with E-state index in [1.807, 2.05) is 13.8 Å². The van der Waals surface area contributed by atoms with Crippen molar-refractivity contribution in [1.82, 2.24) is 5.32 Å². The van der Waals surface area contributed by atoms with Gasteiger partial charge < -0.3 is 5.32 Å². The number of hydrogen-bond donors (Lipinski definition) is 1. The number of benzene rings is 1. The van der Waals surface area contributed by atoms with Crippen LogP contribution in [0.1, 0.15) is 43.4 Å². The largest absolute Gasteiger partial charge is 0.309 e. The predicted octanol–water partition coefficient (Wildman–Crippen LogP) is 3.12. The van der Waals surface area contributed by atoms with E-state index in [2.05, 4.69) is 5.32 Å². The monoisotopic (exact) mass is 211 g/mol. The Morgan fingerprint density at radius 3 is 2.47 bits per heavy atom. The molecule has 1 aliphatic rings. The molecule has 82 valence electrons. The summed E-state index contributed by atoms with van der Waals surface area (Å²) in [5, 5.41) is 3.24. The fraction of sp³-hybridized carbons (Fsp3) is 0.500. The van der Waals surface area contributed by atoms with Crippen LogP contribution in [-0.4, -0.2) is 6.54 Å². The van der Waals surface area contributed by atoms with Crippen molar-refractivity contribution in [3.05, 3.63) is 34.9 Å². The van der Waals surface area contributed by atoms with Gasteiger partial charge in [-0.15, -0.1) is 0 Å². The molecule has 0 spiro atoms. The Morgan fingerprint density at radius 2 is 1.87 bits per heavy atom. The van der Waals surface area contributed by atoms with E-state index in [9.17, 15) is 8.78 Å². The summed E-state index contributed by atoms with van der Waals surface area (Å²) in [7, 11) is 0. The van der Waals surface area contributed by atoms with Crippen LogP contribution in [0.25, 0.3) is 0 Å². The molecule has 15 heavy (non-hydrogen) atoms. The summed E-state index contributed by atoms with van der Waals surface area (Å²) in [6.45, 7) is 4.61. The summed E-state index contributed by atoms with van der Waals surface area (Å²) in [5.41, 5.74) is 1.08. The fourth-order valence-corrected chi connectivity index (χ4v) is 2.31. The average molecular weight is 211 g/mol. The zero-order chi connectivity index (χ0) is 11.0. The molecule has 0 fully saturated rings. The first-order valence-electron chi connectivity index (χ1n) is 5.36. The van der Waals surface area contributed by atoms with Gasteiger partial charge in [0.1, 0.15) is 11.6 Å². The molecule has 1 aliphatic heterocycles. The Balaban J connectivity index is 2.60. The van der Waals surface area contributed by atoms with Gasteiger partial charge in [0.05, 0.1) is 0 Å². The Bertz CT molecular complexity index is 376. The molecule has 0 radical (unpaired) electrons. The van der Waals surface area contributed by atoms with Crippen LogP contribution in [0, 0.1) is 11.6 Å². The first-order chi connectivity index (χ1) is 7.15. The SMILES string of the molecule is CCC1NCC(C)c2c(F)ccc(F)c21. The summed E-state index contributed by atoms with van der Waals surface area (Å²) >= 11 is 0. The van der Waals surface area contributed by atoms with E-state index in [0.717, 1.165) is 6.42 Å². The smallest absolute Gasteiger partial charge is 0.128 e. The maximum atomic E-state index is 13.7. The van der Waals surface area contributed by atoms with E-state index in [-0.39, 0.29) is 23.6 Å². The summed E-state index contributed by atoms with van der Waals surface area (Å²) in [4.78, 5) is 0. The molecule has 0 saturated heterocycles. The van der Waals surface area contributed by atoms with Crippen LogP contribution in [0.2, 0.25) is 0 Å². The lowest BCUT2D eigenvalue weighted by Gasteiger charge is -2.31. The second-order valence-corrected chi connectivity index (χ2v) is 4.13. The molecule has 2 atom stereocenters. The third-order valence-electron chi connectivity index (χ3n) is 3.10. The minimum absolute atomic E-state index is 0.0403. The molecule has 1 aromatic rings. The van der Waals surface area contributed by atoms with Gasteiger partial charge in [0, 0.05) is 18.2 Å². The summed E-state index contributed by atoms with van der Waals surface area (Å²) in [6, 6.07) is 2.39. The van der Waals surface area contributed by atoms with Crippen molar-refractivity contribution in [1.29, 1.82) is 0 Å². The highest BCUT2D eigenvalue weighted by molar-refractivity contribution is 5.37. The average Bonchev–Trinajstić information content (AvgIpc) is 2.23. The van der Waals surface area contributed by atoms with Gasteiger partial charge in [-0.1, -0.05) is 13.8 Å². The first-order valence-corrected chi connectivity index (χ1v) is 5.36. The van der Waals surface area contributed by atoms with Gasteiger partial charge in [0.15, 0.2) is 0 Å². The van der Waals surface area contributed by atoms with Crippen LogP contribution >= 0.6 is 0 Å². The Hall–Kier alpha value is -0.960. The van der Waals surface area contributed by atoms with E-state index >= 15 is 0 Å². The van der Waals surface area contributed by atoms with Crippen molar-refractivity contribution in [2.75, 3.05) is 6.54 Å². The number of fused-ring (bicyclic) bond motifs is 1. The zero-order valence-electron chi connectivity index (χ0n) is 8.98. The molecule has 0 saturated carbocycles. The maximum absolute atomic E-state index is 13.7. The molecule has 1 N–H and O–H groups in total. The van der Waals surface area contributed by atoms with Gasteiger partial charge in [-0.25, -0.2) is 8.78 Å². The zero-order valence-corrected chi connectivity index (χ0v) is 8.98. The standard InChI is InChI=1S/C12H15F2N/c1-3-10-12-9(14)5-4-8(13)11(12)7(2)6-15-10/h4-5,7,10,15H,3,6H2,1-2H3. The van der Waals surface area contributed by atoms with Crippen molar-refractivity contribution in [2.24, 2.45) is 0 Å². The molecule has 2 rings (SSSR count). The summed E-state index contributed by atoms with van der Waals surface area (Å²) < 4.78 is 27.3. The van der Waals surface area contributed by atoms with Gasteiger partial charge in [-0.3, -0.25) is 0 Å². The summed E-state index contributed by atoms with van der Waals surface area (Å²) in [5.74, 6) is -0.533. The second kappa shape index (κ2) is 3.89. The Morgan fingerprint density at radius 1 is 1.27 bits per heavy atom. The summed E-state index contributed by atoms with van der Waals surface area (Å²) in [6.07, 6.45) is 0.778. The first kappa shape index (κ1) is 10.6. The second-order valence-electron chi connectivity index (χ2n) is 4.13. The Labute approximate surface area is 88.5 Å². The van der Waals surface area contributed by atoms with Crippen LogP contribution in [0.3, 0.4) is 0 Å². The Kier molecular flexibility index (Phi) is 2.74. The van der Waals surface area contributed by atoms with Crippen molar-refractivity contribution in [2.45, 2.75) is 32.2 Å². The molecular formula is C12H15F2N. The van der Waals surface area contributed by atoms with E-state index in [1.54, 1.807) is 0 Å². The van der Waals surface area contributed by atoms with Crippen LogP contribution < -0.4 is 5.32 Å². The minimum atomic E-state index is -0.294. The normalized spacial score (nSPS) is 25.1. The lowest BCUT2D eigenvalue weighted by atomic mass is 9.86. The minimum Gasteiger partial charge on any atom is -0.309 e. The third-order valence-corrected chi connectivity index (χ3v) is 3.10. The molecule has 0 aliphatic carbocycles. The van der Waals surface area contributed by atoms with Gasteiger partial charge in [-0.05, 0) is 30.0 Å². The van der Waals surface area contributed by atoms with Gasteiger partial charge >= 0.3 is 0 Å². The number of halogens is 2. The number of hydrogen-bond acceptors (Lipinski definition) is 1.